The third-order valence-corrected chi connectivity index (χ3v) is 3.98. The number of ether oxygens (including phenoxy) is 1. The number of halogens is 3. The van der Waals surface area contributed by atoms with Crippen molar-refractivity contribution in [1.29, 1.82) is 0 Å². The molecule has 0 unspecified atom stereocenters. The van der Waals surface area contributed by atoms with Gasteiger partial charge < -0.3 is 9.26 Å². The van der Waals surface area contributed by atoms with Gasteiger partial charge in [-0.15, -0.1) is 0 Å². The maximum Gasteiger partial charge on any atom is 0.437 e. The van der Waals surface area contributed by atoms with E-state index in [0.717, 1.165) is 7.11 Å². The second kappa shape index (κ2) is 8.19. The summed E-state index contributed by atoms with van der Waals surface area (Å²) in [7, 11) is 0.849. The normalized spacial score (nSPS) is 11.1. The van der Waals surface area contributed by atoms with Crippen molar-refractivity contribution in [3.63, 3.8) is 0 Å². The lowest BCUT2D eigenvalue weighted by atomic mass is 10.1. The van der Waals surface area contributed by atoms with Gasteiger partial charge in [-0.3, -0.25) is 9.59 Å². The van der Waals surface area contributed by atoms with E-state index in [1.807, 2.05) is 0 Å². The third kappa shape index (κ3) is 3.93. The van der Waals surface area contributed by atoms with Crippen molar-refractivity contribution in [2.45, 2.75) is 6.18 Å². The van der Waals surface area contributed by atoms with Gasteiger partial charge in [-0.05, 0) is 24.3 Å². The van der Waals surface area contributed by atoms with E-state index < -0.39 is 41.1 Å². The van der Waals surface area contributed by atoms with Crippen LogP contribution in [0.25, 0.3) is 0 Å². The molecule has 0 spiro atoms. The average molecular weight is 418 g/mol. The van der Waals surface area contributed by atoms with E-state index in [-0.39, 0.29) is 11.1 Å². The lowest BCUT2D eigenvalue weighted by molar-refractivity contribution is -0.143. The molecule has 10 heteroatoms. The molecule has 0 saturated heterocycles. The van der Waals surface area contributed by atoms with Crippen molar-refractivity contribution >= 4 is 23.7 Å². The zero-order chi connectivity index (χ0) is 21.9. The van der Waals surface area contributed by atoms with E-state index in [0.29, 0.717) is 4.90 Å². The molecule has 0 bridgehead atoms. The first kappa shape index (κ1) is 20.8. The minimum atomic E-state index is -5.09. The molecule has 2 aromatic carbocycles. The van der Waals surface area contributed by atoms with Crippen LogP contribution in [0, 0.1) is 0 Å². The Bertz CT molecular complexity index is 1030. The van der Waals surface area contributed by atoms with E-state index >= 15 is 0 Å². The minimum absolute atomic E-state index is 0.0254. The first-order chi connectivity index (χ1) is 14.3. The maximum atomic E-state index is 13.4. The molecule has 3 rings (SSSR count). The summed E-state index contributed by atoms with van der Waals surface area (Å²) in [6.45, 7) is 0. The summed E-state index contributed by atoms with van der Waals surface area (Å²) in [5, 5.41) is 2.88. The Balaban J connectivity index is 2.23. The highest BCUT2D eigenvalue weighted by atomic mass is 19.4. The number of anilines is 1. The molecule has 30 heavy (non-hydrogen) atoms. The smallest absolute Gasteiger partial charge is 0.437 e. The number of amides is 2. The van der Waals surface area contributed by atoms with Gasteiger partial charge in [-0.25, -0.2) is 9.69 Å². The zero-order valence-corrected chi connectivity index (χ0v) is 15.3. The minimum Gasteiger partial charge on any atom is -0.465 e. The molecule has 3 aromatic rings. The molecule has 1 heterocycles. The summed E-state index contributed by atoms with van der Waals surface area (Å²) in [6, 6.07) is 14.6. The summed E-state index contributed by atoms with van der Waals surface area (Å²) < 4.78 is 49.2. The number of hydrogen-bond acceptors (Lipinski definition) is 6. The van der Waals surface area contributed by atoms with Gasteiger partial charge in [0.25, 0.3) is 17.7 Å². The first-order valence-corrected chi connectivity index (χ1v) is 8.39. The Morgan fingerprint density at radius 1 is 0.900 bits per heavy atom. The Labute approximate surface area is 167 Å². The van der Waals surface area contributed by atoms with E-state index in [9.17, 15) is 27.6 Å². The van der Waals surface area contributed by atoms with Gasteiger partial charge in [-0.1, -0.05) is 41.6 Å². The van der Waals surface area contributed by atoms with Crippen LogP contribution in [0.15, 0.2) is 65.2 Å². The molecule has 0 aliphatic carbocycles. The molecular weight excluding hydrogens is 405 g/mol. The van der Waals surface area contributed by atoms with E-state index in [4.69, 9.17) is 4.52 Å². The summed E-state index contributed by atoms with van der Waals surface area (Å²) in [5.41, 5.74) is -2.94. The Morgan fingerprint density at radius 2 is 1.37 bits per heavy atom. The summed E-state index contributed by atoms with van der Waals surface area (Å²) in [5.74, 6) is -4.49. The van der Waals surface area contributed by atoms with Crippen molar-refractivity contribution in [2.24, 2.45) is 0 Å². The SMILES string of the molecule is COC(=O)c1c(C(F)(F)F)noc1N(C(=O)c1ccccc1)C(=O)c1ccccc1. The number of nitrogens with zero attached hydrogens (tertiary/aromatic N) is 2. The predicted octanol–water partition coefficient (Wildman–Crippen LogP) is 3.97. The highest BCUT2D eigenvalue weighted by Gasteiger charge is 2.45. The number of alkyl halides is 3. The lowest BCUT2D eigenvalue weighted by Gasteiger charge is -2.19. The molecule has 0 saturated carbocycles. The van der Waals surface area contributed by atoms with Gasteiger partial charge in [-0.2, -0.15) is 13.2 Å². The van der Waals surface area contributed by atoms with E-state index in [1.54, 1.807) is 12.1 Å². The third-order valence-electron chi connectivity index (χ3n) is 3.98. The molecule has 0 N–H and O–H groups in total. The number of carbonyl (C=O) groups is 3. The molecule has 7 nitrogen and oxygen atoms in total. The van der Waals surface area contributed by atoms with Crippen LogP contribution in [-0.2, 0) is 10.9 Å². The van der Waals surface area contributed by atoms with E-state index in [1.165, 1.54) is 48.5 Å². The standard InChI is InChI=1S/C20H13F3N2O5/c1-29-19(28)14-15(20(21,22)23)24-30-18(14)25(16(26)12-8-4-2-5-9-12)17(27)13-10-6-3-7-11-13/h2-11H,1H3. The molecule has 154 valence electrons. The van der Waals surface area contributed by atoms with Crippen molar-refractivity contribution in [2.75, 3.05) is 12.0 Å². The van der Waals surface area contributed by atoms with Crippen molar-refractivity contribution in [3.05, 3.63) is 83.0 Å². The van der Waals surface area contributed by atoms with Crippen LogP contribution in [0.5, 0.6) is 0 Å². The summed E-state index contributed by atoms with van der Waals surface area (Å²) in [4.78, 5) is 38.6. The van der Waals surface area contributed by atoms with Crippen LogP contribution in [-0.4, -0.2) is 30.1 Å². The van der Waals surface area contributed by atoms with Crippen LogP contribution < -0.4 is 4.90 Å². The highest BCUT2D eigenvalue weighted by molar-refractivity contribution is 6.26. The number of carbonyl (C=O) groups excluding carboxylic acids is 3. The van der Waals surface area contributed by atoms with Gasteiger partial charge in [0, 0.05) is 11.1 Å². The fourth-order valence-electron chi connectivity index (χ4n) is 2.61. The van der Waals surface area contributed by atoms with Crippen LogP contribution in [0.1, 0.15) is 36.8 Å². The van der Waals surface area contributed by atoms with E-state index in [2.05, 4.69) is 9.89 Å². The Kier molecular flexibility index (Phi) is 5.67. The number of esters is 1. The Hall–Kier alpha value is -3.95. The average Bonchev–Trinajstić information content (AvgIpc) is 3.19. The van der Waals surface area contributed by atoms with Crippen LogP contribution in [0.4, 0.5) is 19.1 Å². The predicted molar refractivity (Wildman–Crippen MR) is 96.9 cm³/mol. The number of aromatic nitrogens is 1. The van der Waals surface area contributed by atoms with Gasteiger partial charge in [0.15, 0.2) is 5.56 Å². The molecule has 2 amide bonds. The Morgan fingerprint density at radius 3 is 1.77 bits per heavy atom. The summed E-state index contributed by atoms with van der Waals surface area (Å²) in [6.07, 6.45) is -5.09. The lowest BCUT2D eigenvalue weighted by Crippen LogP contribution is -2.38. The number of methoxy groups -OCH3 is 1. The molecule has 0 radical (unpaired) electrons. The highest BCUT2D eigenvalue weighted by Crippen LogP contribution is 2.37. The fraction of sp³-hybridized carbons (Fsp3) is 0.100. The number of benzene rings is 2. The monoisotopic (exact) mass is 418 g/mol. The van der Waals surface area contributed by atoms with Crippen molar-refractivity contribution in [1.82, 2.24) is 5.16 Å². The molecular formula is C20H13F3N2O5. The van der Waals surface area contributed by atoms with Crippen LogP contribution in [0.3, 0.4) is 0 Å². The maximum absolute atomic E-state index is 13.4. The van der Waals surface area contributed by atoms with Crippen molar-refractivity contribution in [3.8, 4) is 0 Å². The number of hydrogen-bond donors (Lipinski definition) is 0. The second-order valence-corrected chi connectivity index (χ2v) is 5.88. The second-order valence-electron chi connectivity index (χ2n) is 5.88. The van der Waals surface area contributed by atoms with Gasteiger partial charge in [0.1, 0.15) is 0 Å². The van der Waals surface area contributed by atoms with Gasteiger partial charge in [0.05, 0.1) is 7.11 Å². The fourth-order valence-corrected chi connectivity index (χ4v) is 2.61. The number of imide groups is 1. The van der Waals surface area contributed by atoms with Crippen LogP contribution in [0.2, 0.25) is 0 Å². The number of rotatable bonds is 4. The molecule has 0 fully saturated rings. The molecule has 0 atom stereocenters. The van der Waals surface area contributed by atoms with Crippen molar-refractivity contribution < 1.29 is 36.8 Å². The quantitative estimate of drug-likeness (QED) is 0.471. The van der Waals surface area contributed by atoms with Gasteiger partial charge >= 0.3 is 12.1 Å². The molecule has 1 aromatic heterocycles. The summed E-state index contributed by atoms with van der Waals surface area (Å²) >= 11 is 0. The first-order valence-electron chi connectivity index (χ1n) is 8.39. The molecule has 0 aliphatic heterocycles. The topological polar surface area (TPSA) is 89.7 Å². The molecule has 0 aliphatic rings. The van der Waals surface area contributed by atoms with Crippen LogP contribution >= 0.6 is 0 Å². The zero-order valence-electron chi connectivity index (χ0n) is 15.3. The van der Waals surface area contributed by atoms with Gasteiger partial charge in [0.2, 0.25) is 5.69 Å². The largest absolute Gasteiger partial charge is 0.465 e.